The summed E-state index contributed by atoms with van der Waals surface area (Å²) in [5.74, 6) is 0.934. The Morgan fingerprint density at radius 1 is 1.11 bits per heavy atom. The van der Waals surface area contributed by atoms with Crippen LogP contribution in [0.1, 0.15) is 21.5 Å². The van der Waals surface area contributed by atoms with Crippen LogP contribution in [-0.4, -0.2) is 44.3 Å². The molecule has 0 fully saturated rings. The molecule has 0 radical (unpaired) electrons. The van der Waals surface area contributed by atoms with Crippen LogP contribution in [0.2, 0.25) is 0 Å². The van der Waals surface area contributed by atoms with E-state index in [0.29, 0.717) is 34.8 Å². The molecule has 2 aliphatic rings. The van der Waals surface area contributed by atoms with Gasteiger partial charge in [0, 0.05) is 29.4 Å². The number of ether oxygens (including phenoxy) is 1. The molecule has 2 heterocycles. The number of carbonyl (C=O) groups excluding carboxylic acids is 1. The summed E-state index contributed by atoms with van der Waals surface area (Å²) in [6.07, 6.45) is 5.51. The molecule has 0 spiro atoms. The molecule has 0 amide bonds. The molecular formula is C21H18N2O4S. The van der Waals surface area contributed by atoms with Gasteiger partial charge in [0.2, 0.25) is 0 Å². The number of carbonyl (C=O) groups is 1. The largest absolute Gasteiger partial charge is 0.497 e. The van der Waals surface area contributed by atoms with E-state index in [9.17, 15) is 13.2 Å². The quantitative estimate of drug-likeness (QED) is 0.746. The number of ketones is 1. The first-order chi connectivity index (χ1) is 13.5. The number of sulfonamides is 1. The highest BCUT2D eigenvalue weighted by Gasteiger charge is 2.27. The number of nitrogens with zero attached hydrogens (tertiary/aromatic N) is 2. The van der Waals surface area contributed by atoms with Gasteiger partial charge in [0.1, 0.15) is 5.75 Å². The number of allylic oxidation sites excluding steroid dienone is 2. The van der Waals surface area contributed by atoms with Crippen molar-refractivity contribution in [1.82, 2.24) is 4.90 Å². The van der Waals surface area contributed by atoms with Gasteiger partial charge in [-0.15, -0.1) is 4.40 Å². The first-order valence-electron chi connectivity index (χ1n) is 8.74. The topological polar surface area (TPSA) is 76.0 Å². The van der Waals surface area contributed by atoms with Crippen molar-refractivity contribution in [2.45, 2.75) is 0 Å². The molecule has 2 aliphatic heterocycles. The summed E-state index contributed by atoms with van der Waals surface area (Å²) in [6.45, 7) is 0.376. The molecule has 0 unspecified atom stereocenters. The second kappa shape index (κ2) is 7.09. The molecule has 2 aromatic rings. The zero-order valence-electron chi connectivity index (χ0n) is 15.2. The summed E-state index contributed by atoms with van der Waals surface area (Å²) >= 11 is 0. The van der Waals surface area contributed by atoms with Crippen molar-refractivity contribution >= 4 is 27.2 Å². The molecule has 0 saturated carbocycles. The standard InChI is InChI=1S/C21H18N2O4S/c1-27-18-5-2-4-17(14-18)20(24)16-9-7-15(8-10-16)19-6-3-11-23-12-13-28(25,26)22-21(19)23/h2-11,14H,12-13H2,1H3. The normalized spacial score (nSPS) is 17.4. The predicted molar refractivity (Wildman–Crippen MR) is 108 cm³/mol. The van der Waals surface area contributed by atoms with Crippen molar-refractivity contribution in [2.24, 2.45) is 4.40 Å². The monoisotopic (exact) mass is 394 g/mol. The van der Waals surface area contributed by atoms with E-state index in [1.807, 2.05) is 23.3 Å². The summed E-state index contributed by atoms with van der Waals surface area (Å²) in [4.78, 5) is 14.5. The molecule has 7 heteroatoms. The average molecular weight is 394 g/mol. The second-order valence-electron chi connectivity index (χ2n) is 6.45. The van der Waals surface area contributed by atoms with Gasteiger partial charge in [-0.25, -0.2) is 8.42 Å². The second-order valence-corrected chi connectivity index (χ2v) is 8.21. The molecule has 0 aromatic heterocycles. The lowest BCUT2D eigenvalue weighted by molar-refractivity contribution is 0.103. The predicted octanol–water partition coefficient (Wildman–Crippen LogP) is 2.88. The first-order valence-corrected chi connectivity index (χ1v) is 10.3. The van der Waals surface area contributed by atoms with E-state index in [1.165, 1.54) is 0 Å². The van der Waals surface area contributed by atoms with Crippen molar-refractivity contribution in [2.75, 3.05) is 19.4 Å². The molecule has 2 aromatic carbocycles. The summed E-state index contributed by atoms with van der Waals surface area (Å²) in [5, 5.41) is 0. The first kappa shape index (κ1) is 18.2. The Labute approximate surface area is 163 Å². The van der Waals surface area contributed by atoms with E-state index in [1.54, 1.807) is 55.6 Å². The average Bonchev–Trinajstić information content (AvgIpc) is 2.72. The third-order valence-corrected chi connectivity index (χ3v) is 5.80. The number of hydrogen-bond acceptors (Lipinski definition) is 5. The molecule has 0 bridgehead atoms. The minimum Gasteiger partial charge on any atom is -0.497 e. The third-order valence-electron chi connectivity index (χ3n) is 4.65. The highest BCUT2D eigenvalue weighted by Crippen LogP contribution is 2.26. The van der Waals surface area contributed by atoms with Crippen LogP contribution in [-0.2, 0) is 10.0 Å². The third kappa shape index (κ3) is 3.48. The van der Waals surface area contributed by atoms with Crippen LogP contribution in [0.15, 0.2) is 71.3 Å². The molecule has 0 saturated heterocycles. The fraction of sp³-hybridized carbons (Fsp3) is 0.143. The lowest BCUT2D eigenvalue weighted by Gasteiger charge is -2.29. The maximum absolute atomic E-state index is 12.7. The highest BCUT2D eigenvalue weighted by molar-refractivity contribution is 7.90. The minimum absolute atomic E-state index is 0.00208. The number of fused-ring (bicyclic) bond motifs is 1. The zero-order chi connectivity index (χ0) is 19.7. The van der Waals surface area contributed by atoms with E-state index in [-0.39, 0.29) is 11.5 Å². The van der Waals surface area contributed by atoms with Gasteiger partial charge in [-0.2, -0.15) is 0 Å². The Balaban J connectivity index is 1.64. The molecular weight excluding hydrogens is 376 g/mol. The molecule has 4 rings (SSSR count). The van der Waals surface area contributed by atoms with Crippen LogP contribution < -0.4 is 4.74 Å². The van der Waals surface area contributed by atoms with Crippen LogP contribution >= 0.6 is 0 Å². The number of hydrogen-bond donors (Lipinski definition) is 0. The highest BCUT2D eigenvalue weighted by atomic mass is 32.2. The maximum Gasteiger partial charge on any atom is 0.256 e. The van der Waals surface area contributed by atoms with Gasteiger partial charge in [0.25, 0.3) is 10.0 Å². The van der Waals surface area contributed by atoms with Crippen molar-refractivity contribution < 1.29 is 17.9 Å². The van der Waals surface area contributed by atoms with Crippen LogP contribution in [0.5, 0.6) is 5.75 Å². The van der Waals surface area contributed by atoms with Crippen LogP contribution in [0, 0.1) is 0 Å². The Kier molecular flexibility index (Phi) is 4.60. The van der Waals surface area contributed by atoms with Gasteiger partial charge in [0.05, 0.1) is 12.9 Å². The van der Waals surface area contributed by atoms with Crippen molar-refractivity contribution in [3.63, 3.8) is 0 Å². The Morgan fingerprint density at radius 2 is 1.89 bits per heavy atom. The Morgan fingerprint density at radius 3 is 2.64 bits per heavy atom. The van der Waals surface area contributed by atoms with Gasteiger partial charge in [0.15, 0.2) is 11.6 Å². The van der Waals surface area contributed by atoms with Gasteiger partial charge in [-0.3, -0.25) is 4.79 Å². The van der Waals surface area contributed by atoms with Gasteiger partial charge in [-0.1, -0.05) is 36.4 Å². The van der Waals surface area contributed by atoms with Crippen molar-refractivity contribution in [1.29, 1.82) is 0 Å². The minimum atomic E-state index is -3.45. The van der Waals surface area contributed by atoms with Gasteiger partial charge in [-0.05, 0) is 29.8 Å². The number of methoxy groups -OCH3 is 1. The number of amidine groups is 1. The summed E-state index contributed by atoms with van der Waals surface area (Å²) in [7, 11) is -1.89. The molecule has 0 aliphatic carbocycles. The summed E-state index contributed by atoms with van der Waals surface area (Å²) in [5.41, 5.74) is 2.60. The molecule has 6 nitrogen and oxygen atoms in total. The zero-order valence-corrected chi connectivity index (χ0v) is 16.0. The lowest BCUT2D eigenvalue weighted by Crippen LogP contribution is -2.37. The number of rotatable bonds is 4. The summed E-state index contributed by atoms with van der Waals surface area (Å²) < 4.78 is 32.9. The Bertz CT molecular complexity index is 1130. The van der Waals surface area contributed by atoms with E-state index in [2.05, 4.69) is 4.40 Å². The van der Waals surface area contributed by atoms with E-state index in [4.69, 9.17) is 4.74 Å². The van der Waals surface area contributed by atoms with E-state index >= 15 is 0 Å². The fourth-order valence-corrected chi connectivity index (χ4v) is 4.16. The van der Waals surface area contributed by atoms with Crippen LogP contribution in [0.3, 0.4) is 0 Å². The van der Waals surface area contributed by atoms with Crippen LogP contribution in [0.4, 0.5) is 0 Å². The molecule has 0 N–H and O–H groups in total. The van der Waals surface area contributed by atoms with E-state index in [0.717, 1.165) is 5.56 Å². The molecule has 0 atom stereocenters. The smallest absolute Gasteiger partial charge is 0.256 e. The SMILES string of the molecule is COc1cccc(C(=O)c2ccc(C3=CC=CN4CCS(=O)(=O)N=C34)cc2)c1. The van der Waals surface area contributed by atoms with Crippen molar-refractivity contribution in [3.8, 4) is 5.75 Å². The number of benzene rings is 2. The van der Waals surface area contributed by atoms with Crippen LogP contribution in [0.25, 0.3) is 5.57 Å². The van der Waals surface area contributed by atoms with Gasteiger partial charge < -0.3 is 9.64 Å². The van der Waals surface area contributed by atoms with Gasteiger partial charge >= 0.3 is 0 Å². The summed E-state index contributed by atoms with van der Waals surface area (Å²) in [6, 6.07) is 14.1. The lowest BCUT2D eigenvalue weighted by atomic mass is 9.97. The maximum atomic E-state index is 12.7. The van der Waals surface area contributed by atoms with E-state index < -0.39 is 10.0 Å². The Hall–Kier alpha value is -3.19. The fourth-order valence-electron chi connectivity index (χ4n) is 3.17. The molecule has 28 heavy (non-hydrogen) atoms. The molecule has 142 valence electrons. The van der Waals surface area contributed by atoms with Crippen molar-refractivity contribution in [3.05, 3.63) is 83.6 Å².